The lowest BCUT2D eigenvalue weighted by Crippen LogP contribution is -2.44. The number of carbonyl (C=O) groups excluding carboxylic acids is 1. The molecule has 1 heterocycles. The van der Waals surface area contributed by atoms with Crippen LogP contribution in [0.4, 0.5) is 0 Å². The molecule has 322 valence electrons. The summed E-state index contributed by atoms with van der Waals surface area (Å²) < 4.78 is 11.3. The fourth-order valence-corrected chi connectivity index (χ4v) is 8.89. The predicted octanol–water partition coefficient (Wildman–Crippen LogP) is 6.60. The van der Waals surface area contributed by atoms with Gasteiger partial charge in [0.2, 0.25) is 0 Å². The van der Waals surface area contributed by atoms with Gasteiger partial charge in [0.25, 0.3) is 0 Å². The van der Waals surface area contributed by atoms with Crippen molar-refractivity contribution in [3.8, 4) is 28.7 Å². The SMILES string of the molecule is CCc1ccc2cccc(CCO)c2c1Cc1c(C[C@H](Cc2cc[nH]c2)[C@H](O)CC(=O)[C@](CO)(Cc2ccc(O)c(OC)c2)c2cc(O)cc(CNC)c2)ccc(O)c1OC. The first-order valence-corrected chi connectivity index (χ1v) is 20.8. The number of phenolic OH excluding ortho intramolecular Hbond substituents is 3. The summed E-state index contributed by atoms with van der Waals surface area (Å²) in [6.45, 7) is 1.86. The van der Waals surface area contributed by atoms with Gasteiger partial charge < -0.3 is 50.4 Å². The van der Waals surface area contributed by atoms with Crippen molar-refractivity contribution in [3.63, 3.8) is 0 Å². The number of rotatable bonds is 21. The van der Waals surface area contributed by atoms with Gasteiger partial charge in [-0.15, -0.1) is 0 Å². The van der Waals surface area contributed by atoms with E-state index in [2.05, 4.69) is 35.4 Å². The predicted molar refractivity (Wildman–Crippen MR) is 237 cm³/mol. The zero-order valence-electron chi connectivity index (χ0n) is 35.4. The molecule has 0 saturated carbocycles. The second-order valence-electron chi connectivity index (χ2n) is 15.9. The Hall–Kier alpha value is -5.85. The van der Waals surface area contributed by atoms with Crippen molar-refractivity contribution in [2.75, 3.05) is 34.5 Å². The minimum absolute atomic E-state index is 0.00368. The van der Waals surface area contributed by atoms with Crippen molar-refractivity contribution < 1.29 is 44.9 Å². The fourth-order valence-electron chi connectivity index (χ4n) is 8.89. The minimum Gasteiger partial charge on any atom is -0.508 e. The number of carbonyl (C=O) groups is 1. The highest BCUT2D eigenvalue weighted by Gasteiger charge is 2.42. The van der Waals surface area contributed by atoms with Crippen LogP contribution in [-0.4, -0.2) is 82.0 Å². The molecule has 0 unspecified atom stereocenters. The lowest BCUT2D eigenvalue weighted by molar-refractivity contribution is -0.129. The van der Waals surface area contributed by atoms with Gasteiger partial charge in [0.15, 0.2) is 23.0 Å². The van der Waals surface area contributed by atoms with Crippen molar-refractivity contribution in [1.82, 2.24) is 10.3 Å². The molecule has 11 heteroatoms. The molecule has 0 aliphatic heterocycles. The highest BCUT2D eigenvalue weighted by atomic mass is 16.5. The molecule has 5 aromatic carbocycles. The number of hydrogen-bond donors (Lipinski definition) is 8. The molecule has 0 saturated heterocycles. The standard InChI is InChI=1S/C50H58N2O9/c1-5-34-10-11-35-7-6-8-36(16-18-53)48(35)41(34)25-42-37(12-14-44(57)49(42)61-4)23-38(19-32-15-17-52-29-32)45(58)26-47(59)50(30-54,27-31-9-13-43(56)46(22-31)60-3)39-20-33(28-51-2)21-40(55)24-39/h6-15,17,20-22,24,29,38,45,51-58H,5,16,18-19,23,25-28,30H2,1-4H3/t38-,45+,50-/m0/s1. The van der Waals surface area contributed by atoms with Crippen LogP contribution in [0.1, 0.15) is 63.4 Å². The number of aromatic hydroxyl groups is 3. The molecule has 0 aliphatic rings. The third-order valence-corrected chi connectivity index (χ3v) is 12.0. The molecule has 0 fully saturated rings. The van der Waals surface area contributed by atoms with Crippen LogP contribution in [0.25, 0.3) is 10.8 Å². The molecule has 0 amide bonds. The molecule has 11 nitrogen and oxygen atoms in total. The van der Waals surface area contributed by atoms with E-state index in [0.717, 1.165) is 50.6 Å². The highest BCUT2D eigenvalue weighted by molar-refractivity contribution is 5.92. The second kappa shape index (κ2) is 20.1. The molecule has 0 aliphatic carbocycles. The maximum absolute atomic E-state index is 15.0. The summed E-state index contributed by atoms with van der Waals surface area (Å²) in [6, 6.07) is 25.3. The van der Waals surface area contributed by atoms with E-state index < -0.39 is 29.8 Å². The van der Waals surface area contributed by atoms with E-state index in [9.17, 15) is 30.6 Å². The third kappa shape index (κ3) is 9.87. The monoisotopic (exact) mass is 830 g/mol. The summed E-state index contributed by atoms with van der Waals surface area (Å²) in [7, 11) is 4.72. The number of aryl methyl sites for hydroxylation is 1. The van der Waals surface area contributed by atoms with Crippen molar-refractivity contribution in [3.05, 3.63) is 147 Å². The summed E-state index contributed by atoms with van der Waals surface area (Å²) in [5.41, 5.74) is 5.80. The van der Waals surface area contributed by atoms with Crippen molar-refractivity contribution in [1.29, 1.82) is 0 Å². The molecular weight excluding hydrogens is 773 g/mol. The van der Waals surface area contributed by atoms with Crippen LogP contribution in [0.15, 0.2) is 97.3 Å². The molecule has 6 aromatic rings. The highest BCUT2D eigenvalue weighted by Crippen LogP contribution is 2.41. The van der Waals surface area contributed by atoms with Crippen LogP contribution < -0.4 is 14.8 Å². The van der Waals surface area contributed by atoms with Gasteiger partial charge >= 0.3 is 0 Å². The number of methoxy groups -OCH3 is 2. The Morgan fingerprint density at radius 3 is 2.30 bits per heavy atom. The normalized spacial score (nSPS) is 13.5. The number of aromatic nitrogens is 1. The molecular formula is C50H58N2O9. The van der Waals surface area contributed by atoms with Gasteiger partial charge in [0.05, 0.1) is 32.3 Å². The number of fused-ring (bicyclic) bond motifs is 1. The van der Waals surface area contributed by atoms with Gasteiger partial charge in [0.1, 0.15) is 11.5 Å². The van der Waals surface area contributed by atoms with Gasteiger partial charge in [-0.2, -0.15) is 0 Å². The van der Waals surface area contributed by atoms with Crippen LogP contribution in [0.5, 0.6) is 28.7 Å². The Bertz CT molecular complexity index is 2430. The third-order valence-electron chi connectivity index (χ3n) is 12.0. The summed E-state index contributed by atoms with van der Waals surface area (Å²) in [5, 5.41) is 71.3. The van der Waals surface area contributed by atoms with Gasteiger partial charge in [-0.3, -0.25) is 4.79 Å². The van der Waals surface area contributed by atoms with E-state index in [1.807, 2.05) is 36.7 Å². The minimum atomic E-state index is -1.60. The first-order valence-electron chi connectivity index (χ1n) is 20.8. The van der Waals surface area contributed by atoms with Crippen molar-refractivity contribution in [2.45, 2.75) is 69.9 Å². The summed E-state index contributed by atoms with van der Waals surface area (Å²) in [4.78, 5) is 18.1. The van der Waals surface area contributed by atoms with E-state index in [1.54, 1.807) is 37.4 Å². The first kappa shape index (κ1) is 44.7. The Kier molecular flexibility index (Phi) is 14.8. The summed E-state index contributed by atoms with van der Waals surface area (Å²) in [6.07, 6.45) is 4.46. The number of H-pyrrole nitrogens is 1. The second-order valence-corrected chi connectivity index (χ2v) is 15.9. The Labute approximate surface area is 357 Å². The summed E-state index contributed by atoms with van der Waals surface area (Å²) >= 11 is 0. The lowest BCUT2D eigenvalue weighted by atomic mass is 9.70. The Morgan fingerprint density at radius 2 is 1.61 bits per heavy atom. The Balaban J connectivity index is 1.43. The number of ether oxygens (including phenoxy) is 2. The van der Waals surface area contributed by atoms with Gasteiger partial charge in [-0.25, -0.2) is 0 Å². The van der Waals surface area contributed by atoms with Crippen LogP contribution in [0.2, 0.25) is 0 Å². The molecule has 6 rings (SSSR count). The number of aliphatic hydroxyl groups excluding tert-OH is 3. The number of benzene rings is 5. The van der Waals surface area contributed by atoms with Crippen molar-refractivity contribution >= 4 is 16.6 Å². The topological polar surface area (TPSA) is 185 Å². The molecule has 0 bridgehead atoms. The molecule has 3 atom stereocenters. The number of aromatic amines is 1. The van der Waals surface area contributed by atoms with E-state index in [4.69, 9.17) is 9.47 Å². The lowest BCUT2D eigenvalue weighted by Gasteiger charge is -2.34. The van der Waals surface area contributed by atoms with Gasteiger partial charge in [-0.1, -0.05) is 55.5 Å². The molecule has 0 spiro atoms. The number of aliphatic hydroxyl groups is 3. The van der Waals surface area contributed by atoms with Crippen LogP contribution in [0, 0.1) is 5.92 Å². The maximum Gasteiger partial charge on any atom is 0.164 e. The zero-order valence-corrected chi connectivity index (χ0v) is 35.4. The molecule has 0 radical (unpaired) electrons. The fraction of sp³-hybridized carbons (Fsp3) is 0.340. The number of nitrogens with one attached hydrogen (secondary N) is 2. The molecule has 1 aromatic heterocycles. The zero-order chi connectivity index (χ0) is 43.7. The van der Waals surface area contributed by atoms with Crippen LogP contribution >= 0.6 is 0 Å². The van der Waals surface area contributed by atoms with Crippen molar-refractivity contribution in [2.24, 2.45) is 5.92 Å². The number of hydrogen-bond acceptors (Lipinski definition) is 10. The largest absolute Gasteiger partial charge is 0.508 e. The average molecular weight is 831 g/mol. The number of Topliss-reactive ketones (excluding diaryl/α,β-unsaturated/α-hetero) is 1. The average Bonchev–Trinajstić information content (AvgIpc) is 3.77. The maximum atomic E-state index is 15.0. The first-order chi connectivity index (χ1) is 29.5. The van der Waals surface area contributed by atoms with Crippen LogP contribution in [0.3, 0.4) is 0 Å². The van der Waals surface area contributed by atoms with E-state index in [0.29, 0.717) is 54.7 Å². The molecule has 8 N–H and O–H groups in total. The van der Waals surface area contributed by atoms with E-state index in [-0.39, 0.29) is 42.4 Å². The molecule has 61 heavy (non-hydrogen) atoms. The summed E-state index contributed by atoms with van der Waals surface area (Å²) in [5.74, 6) is -0.594. The van der Waals surface area contributed by atoms with Crippen LogP contribution in [-0.2, 0) is 55.3 Å². The smallest absolute Gasteiger partial charge is 0.164 e. The van der Waals surface area contributed by atoms with E-state index in [1.165, 1.54) is 26.4 Å². The van der Waals surface area contributed by atoms with Gasteiger partial charge in [-0.05, 0) is 137 Å². The number of ketones is 1. The quantitative estimate of drug-likeness (QED) is 0.0393. The Morgan fingerprint density at radius 1 is 0.820 bits per heavy atom. The van der Waals surface area contributed by atoms with E-state index >= 15 is 4.79 Å². The van der Waals surface area contributed by atoms with Gasteiger partial charge in [0, 0.05) is 44.0 Å². The number of phenols is 3.